The highest BCUT2D eigenvalue weighted by atomic mass is 13.6. The van der Waals surface area contributed by atoms with Crippen LogP contribution in [0.2, 0.25) is 0 Å². The van der Waals surface area contributed by atoms with Crippen molar-refractivity contribution in [1.82, 2.24) is 0 Å². The Morgan fingerprint density at radius 1 is 0.833 bits per heavy atom. The lowest BCUT2D eigenvalue weighted by molar-refractivity contribution is 1.76. The number of rotatable bonds is 0. The maximum atomic E-state index is 2.72. The fourth-order valence-corrected chi connectivity index (χ4v) is 0.349. The summed E-state index contributed by atoms with van der Waals surface area (Å²) in [6.45, 7) is 3.63. The van der Waals surface area contributed by atoms with E-state index in [1.165, 1.54) is 0 Å². The summed E-state index contributed by atoms with van der Waals surface area (Å²) in [5.74, 6) is 20.8. The summed E-state index contributed by atoms with van der Waals surface area (Å²) in [4.78, 5) is 0. The summed E-state index contributed by atoms with van der Waals surface area (Å²) in [5, 5.41) is 0. The molecule has 0 nitrogen and oxygen atoms in total. The molecular weight excluding hydrogens is 144 g/mol. The number of hydrogen-bond acceptors (Lipinski definition) is 0. The molecular formula is C12H8. The van der Waals surface area contributed by atoms with Crippen molar-refractivity contribution in [1.29, 1.82) is 0 Å². The molecule has 0 aliphatic heterocycles. The normalized spacial score (nSPS) is 5.83. The highest BCUT2D eigenvalue weighted by Crippen LogP contribution is 1.63. The molecule has 0 amide bonds. The van der Waals surface area contributed by atoms with Crippen LogP contribution in [0.1, 0.15) is 13.8 Å². The van der Waals surface area contributed by atoms with Gasteiger partial charge in [-0.25, -0.2) is 0 Å². The minimum Gasteiger partial charge on any atom is -0.0925 e. The summed E-state index contributed by atoms with van der Waals surface area (Å²) < 4.78 is 0. The van der Waals surface area contributed by atoms with Crippen molar-refractivity contribution in [3.8, 4) is 47.4 Å². The van der Waals surface area contributed by atoms with Gasteiger partial charge >= 0.3 is 0 Å². The minimum absolute atomic E-state index is 1.73. The molecule has 0 saturated carbocycles. The van der Waals surface area contributed by atoms with Crippen molar-refractivity contribution in [2.24, 2.45) is 0 Å². The van der Waals surface area contributed by atoms with Crippen molar-refractivity contribution in [2.45, 2.75) is 13.8 Å². The topological polar surface area (TPSA) is 0 Å². The molecule has 0 atom stereocenters. The lowest BCUT2D eigenvalue weighted by Gasteiger charge is -1.58. The zero-order valence-corrected chi connectivity index (χ0v) is 7.15. The Hall–Kier alpha value is -2.02. The average molecular weight is 152 g/mol. The lowest BCUT2D eigenvalue weighted by atomic mass is 10.5. The number of allylic oxidation sites excluding steroid dienone is 2. The van der Waals surface area contributed by atoms with Gasteiger partial charge in [-0.3, -0.25) is 0 Å². The van der Waals surface area contributed by atoms with E-state index < -0.39 is 0 Å². The van der Waals surface area contributed by atoms with Crippen LogP contribution in [-0.4, -0.2) is 0 Å². The molecule has 0 unspecified atom stereocenters. The van der Waals surface area contributed by atoms with Gasteiger partial charge < -0.3 is 0 Å². The van der Waals surface area contributed by atoms with E-state index in [1.54, 1.807) is 13.0 Å². The minimum atomic E-state index is 1.73. The van der Waals surface area contributed by atoms with Crippen molar-refractivity contribution < 1.29 is 0 Å². The van der Waals surface area contributed by atoms with E-state index in [0.717, 1.165) is 0 Å². The summed E-state index contributed by atoms with van der Waals surface area (Å²) in [6, 6.07) is 0. The molecule has 0 aromatic carbocycles. The van der Waals surface area contributed by atoms with Crippen molar-refractivity contribution in [3.05, 3.63) is 12.2 Å². The predicted molar refractivity (Wildman–Crippen MR) is 51.6 cm³/mol. The van der Waals surface area contributed by atoms with Crippen molar-refractivity contribution in [2.75, 3.05) is 0 Å². The molecule has 0 rings (SSSR count). The van der Waals surface area contributed by atoms with Gasteiger partial charge in [-0.1, -0.05) is 17.9 Å². The summed E-state index contributed by atoms with van der Waals surface area (Å²) in [5.41, 5.74) is 0. The Labute approximate surface area is 74.1 Å². The highest BCUT2D eigenvalue weighted by Gasteiger charge is 1.54. The molecule has 0 N–H and O–H groups in total. The van der Waals surface area contributed by atoms with Crippen LogP contribution in [0.3, 0.4) is 0 Å². The standard InChI is InChI=1S/C12H8/c1-3-5-7-9-11-12-10-8-6-4-2/h3,5H,1-2H3/b5-3+. The first-order chi connectivity index (χ1) is 5.91. The smallest absolute Gasteiger partial charge is 0.0000226 e. The van der Waals surface area contributed by atoms with Crippen molar-refractivity contribution >= 4 is 0 Å². The molecule has 0 aliphatic carbocycles. The van der Waals surface area contributed by atoms with Crippen LogP contribution in [0.4, 0.5) is 0 Å². The maximum Gasteiger partial charge on any atom is -0.0000226 e. The number of hydrogen-bond donors (Lipinski definition) is 0. The van der Waals surface area contributed by atoms with Gasteiger partial charge in [-0.05, 0) is 55.4 Å². The van der Waals surface area contributed by atoms with Gasteiger partial charge in [0.25, 0.3) is 0 Å². The maximum absolute atomic E-state index is 2.72. The fraction of sp³-hybridized carbons (Fsp3) is 0.167. The van der Waals surface area contributed by atoms with E-state index in [0.29, 0.717) is 0 Å². The molecule has 0 saturated heterocycles. The van der Waals surface area contributed by atoms with Crippen LogP contribution in [0, 0.1) is 47.4 Å². The first-order valence-corrected chi connectivity index (χ1v) is 3.45. The largest absolute Gasteiger partial charge is 0.0925 e. The highest BCUT2D eigenvalue weighted by molar-refractivity contribution is 5.40. The molecule has 0 fully saturated rings. The summed E-state index contributed by atoms with van der Waals surface area (Å²) in [6.07, 6.45) is 3.58. The molecule has 0 spiro atoms. The average Bonchev–Trinajstić information content (AvgIpc) is 2.10. The second-order valence-corrected chi connectivity index (χ2v) is 1.64. The second-order valence-electron chi connectivity index (χ2n) is 1.64. The van der Waals surface area contributed by atoms with E-state index >= 15 is 0 Å². The van der Waals surface area contributed by atoms with Gasteiger partial charge in [-0.2, -0.15) is 0 Å². The van der Waals surface area contributed by atoms with Crippen LogP contribution in [0.5, 0.6) is 0 Å². The first-order valence-electron chi connectivity index (χ1n) is 3.45. The van der Waals surface area contributed by atoms with E-state index in [4.69, 9.17) is 0 Å². The van der Waals surface area contributed by atoms with E-state index in [2.05, 4.69) is 47.4 Å². The quantitative estimate of drug-likeness (QED) is 0.462. The molecule has 12 heavy (non-hydrogen) atoms. The van der Waals surface area contributed by atoms with Crippen molar-refractivity contribution in [3.63, 3.8) is 0 Å². The monoisotopic (exact) mass is 152 g/mol. The van der Waals surface area contributed by atoms with E-state index in [-0.39, 0.29) is 0 Å². The Kier molecular flexibility index (Phi) is 7.47. The van der Waals surface area contributed by atoms with E-state index in [9.17, 15) is 0 Å². The molecule has 0 aromatic rings. The van der Waals surface area contributed by atoms with Gasteiger partial charge in [0.15, 0.2) is 0 Å². The zero-order chi connectivity index (χ0) is 9.07. The molecule has 0 radical (unpaired) electrons. The first kappa shape index (κ1) is 9.98. The molecule has 0 aliphatic rings. The van der Waals surface area contributed by atoms with Gasteiger partial charge in [0, 0.05) is 0 Å². The van der Waals surface area contributed by atoms with Crippen LogP contribution in [-0.2, 0) is 0 Å². The van der Waals surface area contributed by atoms with Crippen LogP contribution in [0.25, 0.3) is 0 Å². The SMILES string of the molecule is CC#CC#CC#CC#C/C=C/C. The van der Waals surface area contributed by atoms with Gasteiger partial charge in [0.1, 0.15) is 0 Å². The van der Waals surface area contributed by atoms with Gasteiger partial charge in [0.2, 0.25) is 0 Å². The summed E-state index contributed by atoms with van der Waals surface area (Å²) >= 11 is 0. The fourth-order valence-electron chi connectivity index (χ4n) is 0.349. The Bertz CT molecular complexity index is 378. The third-order valence-electron chi connectivity index (χ3n) is 0.760. The lowest BCUT2D eigenvalue weighted by Crippen LogP contribution is -1.53. The van der Waals surface area contributed by atoms with Crippen LogP contribution >= 0.6 is 0 Å². The third kappa shape index (κ3) is 7.98. The van der Waals surface area contributed by atoms with Crippen LogP contribution in [0.15, 0.2) is 12.2 Å². The molecule has 0 heterocycles. The third-order valence-corrected chi connectivity index (χ3v) is 0.760. The predicted octanol–water partition coefficient (Wildman–Crippen LogP) is 1.60. The zero-order valence-electron chi connectivity index (χ0n) is 7.15. The Morgan fingerprint density at radius 2 is 1.42 bits per heavy atom. The van der Waals surface area contributed by atoms with Crippen LogP contribution < -0.4 is 0 Å². The molecule has 0 heteroatoms. The van der Waals surface area contributed by atoms with Gasteiger partial charge in [-0.15, -0.1) is 0 Å². The molecule has 56 valence electrons. The second kappa shape index (κ2) is 8.98. The van der Waals surface area contributed by atoms with E-state index in [1.807, 2.05) is 13.0 Å². The molecule has 0 bridgehead atoms. The summed E-state index contributed by atoms with van der Waals surface area (Å²) in [7, 11) is 0. The van der Waals surface area contributed by atoms with Gasteiger partial charge in [0.05, 0.1) is 0 Å². The Balaban J connectivity index is 4.01. The molecule has 0 aromatic heterocycles. The Morgan fingerprint density at radius 3 is 2.00 bits per heavy atom.